The molecule has 0 bridgehead atoms. The Hall–Kier alpha value is -1.85. The van der Waals surface area contributed by atoms with Crippen molar-refractivity contribution in [1.29, 1.82) is 0 Å². The van der Waals surface area contributed by atoms with E-state index in [-0.39, 0.29) is 24.4 Å². The van der Waals surface area contributed by atoms with Gasteiger partial charge in [-0.05, 0) is 47.5 Å². The van der Waals surface area contributed by atoms with Gasteiger partial charge in [0.25, 0.3) is 5.91 Å². The van der Waals surface area contributed by atoms with Crippen LogP contribution in [-0.4, -0.2) is 30.3 Å². The molecule has 120 valence electrons. The summed E-state index contributed by atoms with van der Waals surface area (Å²) in [4.78, 5) is 25.8. The number of carbonyl (C=O) groups excluding carboxylic acids is 2. The van der Waals surface area contributed by atoms with E-state index < -0.39 is 0 Å². The van der Waals surface area contributed by atoms with Crippen molar-refractivity contribution in [3.63, 3.8) is 0 Å². The minimum Gasteiger partial charge on any atom is -0.348 e. The summed E-state index contributed by atoms with van der Waals surface area (Å²) in [6, 6.07) is 7.53. The first-order chi connectivity index (χ1) is 11.0. The molecule has 2 aromatic rings. The zero-order valence-electron chi connectivity index (χ0n) is 12.7. The molecule has 2 amide bonds. The van der Waals surface area contributed by atoms with E-state index in [0.717, 1.165) is 23.4 Å². The number of carbonyl (C=O) groups is 2. The smallest absolute Gasteiger partial charge is 0.254 e. The number of thiophene rings is 1. The van der Waals surface area contributed by atoms with Gasteiger partial charge >= 0.3 is 0 Å². The lowest BCUT2D eigenvalue weighted by atomic mass is 10.1. The van der Waals surface area contributed by atoms with Gasteiger partial charge in [-0.3, -0.25) is 9.59 Å². The van der Waals surface area contributed by atoms with Crippen LogP contribution in [0.4, 0.5) is 0 Å². The summed E-state index contributed by atoms with van der Waals surface area (Å²) in [5.74, 6) is -0.288. The number of fused-ring (bicyclic) bond motifs is 1. The Morgan fingerprint density at radius 1 is 1.39 bits per heavy atom. The largest absolute Gasteiger partial charge is 0.348 e. The lowest BCUT2D eigenvalue weighted by molar-refractivity contribution is -0.122. The van der Waals surface area contributed by atoms with Crippen LogP contribution in [0.15, 0.2) is 35.0 Å². The number of nitrogens with zero attached hydrogens (tertiary/aromatic N) is 1. The Morgan fingerprint density at radius 3 is 2.96 bits per heavy atom. The van der Waals surface area contributed by atoms with Gasteiger partial charge in [-0.25, -0.2) is 0 Å². The second kappa shape index (κ2) is 6.72. The molecule has 1 heterocycles. The number of halogens is 1. The Kier molecular flexibility index (Phi) is 4.68. The number of amides is 2. The van der Waals surface area contributed by atoms with Crippen LogP contribution in [0.5, 0.6) is 0 Å². The highest BCUT2D eigenvalue weighted by Crippen LogP contribution is 2.32. The molecule has 1 unspecified atom stereocenters. The van der Waals surface area contributed by atoms with Crippen molar-refractivity contribution >= 4 is 34.8 Å². The number of rotatable bonds is 4. The molecule has 0 radical (unpaired) electrons. The van der Waals surface area contributed by atoms with E-state index in [2.05, 4.69) is 5.32 Å². The fourth-order valence-electron chi connectivity index (χ4n) is 2.87. The molecule has 0 spiro atoms. The summed E-state index contributed by atoms with van der Waals surface area (Å²) in [5.41, 5.74) is 2.92. The van der Waals surface area contributed by atoms with E-state index in [9.17, 15) is 9.59 Å². The highest BCUT2D eigenvalue weighted by atomic mass is 35.5. The van der Waals surface area contributed by atoms with Gasteiger partial charge in [0.1, 0.15) is 0 Å². The second-order valence-electron chi connectivity index (χ2n) is 5.68. The minimum absolute atomic E-state index is 0.000541. The van der Waals surface area contributed by atoms with E-state index in [1.165, 1.54) is 21.8 Å². The molecule has 4 nitrogen and oxygen atoms in total. The molecule has 0 fully saturated rings. The van der Waals surface area contributed by atoms with Crippen LogP contribution in [0.2, 0.25) is 5.02 Å². The molecular formula is C17H17ClN2O2S. The molecule has 1 aromatic carbocycles. The number of nitrogens with one attached hydrogen (secondary N) is 1. The van der Waals surface area contributed by atoms with E-state index in [0.29, 0.717) is 5.56 Å². The molecule has 0 saturated heterocycles. The summed E-state index contributed by atoms with van der Waals surface area (Å²) >= 11 is 7.46. The van der Waals surface area contributed by atoms with E-state index in [1.807, 2.05) is 23.6 Å². The first-order valence-corrected chi connectivity index (χ1v) is 8.72. The topological polar surface area (TPSA) is 49.4 Å². The van der Waals surface area contributed by atoms with E-state index in [1.54, 1.807) is 18.5 Å². The van der Waals surface area contributed by atoms with Gasteiger partial charge in [-0.1, -0.05) is 17.7 Å². The lowest BCUT2D eigenvalue weighted by Crippen LogP contribution is -2.39. The van der Waals surface area contributed by atoms with E-state index >= 15 is 0 Å². The average Bonchev–Trinajstić information content (AvgIpc) is 3.16. The van der Waals surface area contributed by atoms with Gasteiger partial charge in [0, 0.05) is 17.5 Å². The van der Waals surface area contributed by atoms with Gasteiger partial charge in [0.15, 0.2) is 0 Å². The van der Waals surface area contributed by atoms with Crippen LogP contribution in [0, 0.1) is 0 Å². The first-order valence-electron chi connectivity index (χ1n) is 7.40. The Labute approximate surface area is 144 Å². The predicted molar refractivity (Wildman–Crippen MR) is 91.9 cm³/mol. The molecule has 1 N–H and O–H groups in total. The first kappa shape index (κ1) is 16.0. The van der Waals surface area contributed by atoms with Crippen LogP contribution in [0.3, 0.4) is 0 Å². The number of likely N-dealkylation sites (N-methyl/N-ethyl adjacent to an activating group) is 1. The third kappa shape index (κ3) is 3.57. The molecule has 6 heteroatoms. The number of aryl methyl sites for hydroxylation is 1. The summed E-state index contributed by atoms with van der Waals surface area (Å²) in [7, 11) is 1.64. The molecule has 1 aromatic heterocycles. The van der Waals surface area contributed by atoms with Crippen LogP contribution in [0.1, 0.15) is 33.9 Å². The molecular weight excluding hydrogens is 332 g/mol. The van der Waals surface area contributed by atoms with E-state index in [4.69, 9.17) is 11.6 Å². The Bertz CT molecular complexity index is 730. The van der Waals surface area contributed by atoms with Crippen LogP contribution >= 0.6 is 22.9 Å². The second-order valence-corrected chi connectivity index (χ2v) is 6.89. The fraction of sp³-hybridized carbons (Fsp3) is 0.294. The summed E-state index contributed by atoms with van der Waals surface area (Å²) in [6.07, 6.45) is 1.77. The van der Waals surface area contributed by atoms with Crippen LogP contribution in [-0.2, 0) is 11.2 Å². The van der Waals surface area contributed by atoms with Gasteiger partial charge in [-0.15, -0.1) is 0 Å². The molecule has 23 heavy (non-hydrogen) atoms. The molecule has 1 aliphatic carbocycles. The van der Waals surface area contributed by atoms with Gasteiger partial charge in [0.05, 0.1) is 18.2 Å². The van der Waals surface area contributed by atoms with Crippen LogP contribution < -0.4 is 5.32 Å². The Morgan fingerprint density at radius 2 is 2.22 bits per heavy atom. The maximum atomic E-state index is 12.2. The normalized spacial score (nSPS) is 16.0. The molecule has 1 aliphatic rings. The van der Waals surface area contributed by atoms with Crippen molar-refractivity contribution in [2.75, 3.05) is 13.6 Å². The SMILES string of the molecule is CN(CC(=O)NC1CCc2cc(Cl)ccc21)C(=O)c1ccsc1. The summed E-state index contributed by atoms with van der Waals surface area (Å²) in [5, 5.41) is 7.37. The molecule has 3 rings (SSSR count). The number of benzene rings is 1. The van der Waals surface area contributed by atoms with Crippen molar-refractivity contribution < 1.29 is 9.59 Å². The number of hydrogen-bond donors (Lipinski definition) is 1. The third-order valence-electron chi connectivity index (χ3n) is 4.01. The maximum Gasteiger partial charge on any atom is 0.254 e. The van der Waals surface area contributed by atoms with Gasteiger partial charge in [0.2, 0.25) is 5.91 Å². The maximum absolute atomic E-state index is 12.2. The third-order valence-corrected chi connectivity index (χ3v) is 4.93. The van der Waals surface area contributed by atoms with Crippen molar-refractivity contribution in [1.82, 2.24) is 10.2 Å². The number of hydrogen-bond acceptors (Lipinski definition) is 3. The minimum atomic E-state index is -0.149. The highest BCUT2D eigenvalue weighted by Gasteiger charge is 2.25. The molecule has 1 atom stereocenters. The zero-order chi connectivity index (χ0) is 16.4. The highest BCUT2D eigenvalue weighted by molar-refractivity contribution is 7.08. The standard InChI is InChI=1S/C17H17ClN2O2S/c1-20(17(22)12-6-7-23-10-12)9-16(21)19-15-5-2-11-8-13(18)3-4-14(11)15/h3-4,6-8,10,15H,2,5,9H2,1H3,(H,19,21). The lowest BCUT2D eigenvalue weighted by Gasteiger charge is -2.19. The summed E-state index contributed by atoms with van der Waals surface area (Å²) in [6.45, 7) is 0.0497. The molecule has 0 aliphatic heterocycles. The summed E-state index contributed by atoms with van der Waals surface area (Å²) < 4.78 is 0. The van der Waals surface area contributed by atoms with Crippen LogP contribution in [0.25, 0.3) is 0 Å². The fourth-order valence-corrected chi connectivity index (χ4v) is 3.69. The van der Waals surface area contributed by atoms with Crippen molar-refractivity contribution in [2.24, 2.45) is 0 Å². The van der Waals surface area contributed by atoms with Gasteiger partial charge in [-0.2, -0.15) is 11.3 Å². The van der Waals surface area contributed by atoms with Crippen molar-refractivity contribution in [2.45, 2.75) is 18.9 Å². The quantitative estimate of drug-likeness (QED) is 0.921. The zero-order valence-corrected chi connectivity index (χ0v) is 14.3. The van der Waals surface area contributed by atoms with Crippen molar-refractivity contribution in [3.05, 3.63) is 56.7 Å². The van der Waals surface area contributed by atoms with Gasteiger partial charge < -0.3 is 10.2 Å². The average molecular weight is 349 g/mol. The van der Waals surface area contributed by atoms with Crippen molar-refractivity contribution in [3.8, 4) is 0 Å². The molecule has 0 saturated carbocycles. The monoisotopic (exact) mass is 348 g/mol. The predicted octanol–water partition coefficient (Wildman–Crippen LogP) is 3.28. The Balaban J connectivity index is 1.59.